The highest BCUT2D eigenvalue weighted by Crippen LogP contribution is 2.24. The maximum Gasteiger partial charge on any atom is 0.236 e. The number of aliphatic hydroxyl groups is 1. The number of hydrogen-bond donors (Lipinski definition) is 1. The zero-order chi connectivity index (χ0) is 15.2. The third-order valence-corrected chi connectivity index (χ3v) is 4.61. The second-order valence-electron chi connectivity index (χ2n) is 6.02. The van der Waals surface area contributed by atoms with Gasteiger partial charge in [-0.3, -0.25) is 14.5 Å². The summed E-state index contributed by atoms with van der Waals surface area (Å²) in [5, 5.41) is 8.99. The summed E-state index contributed by atoms with van der Waals surface area (Å²) in [7, 11) is 0. The van der Waals surface area contributed by atoms with E-state index in [1.54, 1.807) is 11.8 Å². The van der Waals surface area contributed by atoms with E-state index in [1.165, 1.54) is 6.42 Å². The van der Waals surface area contributed by atoms with Crippen molar-refractivity contribution in [1.82, 2.24) is 14.7 Å². The molecule has 1 aliphatic heterocycles. The van der Waals surface area contributed by atoms with Crippen molar-refractivity contribution in [2.75, 3.05) is 45.9 Å². The zero-order valence-corrected chi connectivity index (χ0v) is 13.0. The van der Waals surface area contributed by atoms with Crippen molar-refractivity contribution in [3.8, 4) is 0 Å². The minimum absolute atomic E-state index is 0.0844. The Morgan fingerprint density at radius 3 is 2.24 bits per heavy atom. The Kier molecular flexibility index (Phi) is 5.99. The molecule has 0 spiro atoms. The monoisotopic (exact) mass is 297 g/mol. The first-order valence-electron chi connectivity index (χ1n) is 8.00. The van der Waals surface area contributed by atoms with Gasteiger partial charge in [0.05, 0.1) is 6.54 Å². The van der Waals surface area contributed by atoms with Crippen LogP contribution in [-0.2, 0) is 9.59 Å². The minimum Gasteiger partial charge on any atom is -0.396 e. The molecule has 6 nitrogen and oxygen atoms in total. The summed E-state index contributed by atoms with van der Waals surface area (Å²) in [6.45, 7) is 5.54. The Morgan fingerprint density at radius 1 is 1.14 bits per heavy atom. The van der Waals surface area contributed by atoms with Crippen LogP contribution in [-0.4, -0.2) is 83.5 Å². The van der Waals surface area contributed by atoms with Gasteiger partial charge < -0.3 is 14.9 Å². The molecule has 2 fully saturated rings. The van der Waals surface area contributed by atoms with Gasteiger partial charge in [-0.05, 0) is 19.3 Å². The number of carbonyl (C=O) groups is 2. The predicted molar refractivity (Wildman–Crippen MR) is 79.7 cm³/mol. The van der Waals surface area contributed by atoms with E-state index in [0.717, 1.165) is 25.8 Å². The zero-order valence-electron chi connectivity index (χ0n) is 13.0. The molecule has 6 heteroatoms. The molecule has 0 bridgehead atoms. The fraction of sp³-hybridized carbons (Fsp3) is 0.867. The molecule has 120 valence electrons. The molecular weight excluding hydrogens is 270 g/mol. The van der Waals surface area contributed by atoms with Crippen LogP contribution < -0.4 is 0 Å². The van der Waals surface area contributed by atoms with Gasteiger partial charge in [-0.2, -0.15) is 0 Å². The Bertz CT molecular complexity index is 363. The van der Waals surface area contributed by atoms with Crippen molar-refractivity contribution < 1.29 is 14.7 Å². The van der Waals surface area contributed by atoms with Crippen LogP contribution >= 0.6 is 0 Å². The first kappa shape index (κ1) is 16.2. The standard InChI is InChI=1S/C15H27N3O3/c1-13(20)16-7-9-17(10-8-16)15(21)12-18(6-3-11-19)14-4-2-5-14/h14,19H,2-12H2,1H3. The summed E-state index contributed by atoms with van der Waals surface area (Å²) in [4.78, 5) is 29.6. The Labute approximate surface area is 126 Å². The number of piperazine rings is 1. The Balaban J connectivity index is 1.80. The molecule has 0 aromatic heterocycles. The highest BCUT2D eigenvalue weighted by Gasteiger charge is 2.29. The van der Waals surface area contributed by atoms with Crippen molar-refractivity contribution >= 4 is 11.8 Å². The average molecular weight is 297 g/mol. The molecule has 21 heavy (non-hydrogen) atoms. The summed E-state index contributed by atoms with van der Waals surface area (Å²) in [6.07, 6.45) is 4.29. The third-order valence-electron chi connectivity index (χ3n) is 4.61. The molecule has 0 aromatic rings. The lowest BCUT2D eigenvalue weighted by Gasteiger charge is -2.39. The van der Waals surface area contributed by atoms with E-state index < -0.39 is 0 Å². The van der Waals surface area contributed by atoms with Gasteiger partial charge in [-0.15, -0.1) is 0 Å². The molecule has 1 saturated carbocycles. The van der Waals surface area contributed by atoms with E-state index in [-0.39, 0.29) is 18.4 Å². The van der Waals surface area contributed by atoms with E-state index in [1.807, 2.05) is 4.90 Å². The number of hydrogen-bond acceptors (Lipinski definition) is 4. The largest absolute Gasteiger partial charge is 0.396 e. The molecular formula is C15H27N3O3. The molecule has 0 radical (unpaired) electrons. The first-order chi connectivity index (χ1) is 10.1. The maximum absolute atomic E-state index is 12.4. The maximum atomic E-state index is 12.4. The van der Waals surface area contributed by atoms with Crippen molar-refractivity contribution in [2.45, 2.75) is 38.6 Å². The first-order valence-corrected chi connectivity index (χ1v) is 8.00. The number of carbonyl (C=O) groups excluding carboxylic acids is 2. The second kappa shape index (κ2) is 7.75. The molecule has 1 aliphatic carbocycles. The lowest BCUT2D eigenvalue weighted by atomic mass is 9.91. The lowest BCUT2D eigenvalue weighted by Crippen LogP contribution is -2.53. The predicted octanol–water partition coefficient (Wildman–Crippen LogP) is -0.0860. The van der Waals surface area contributed by atoms with Crippen molar-refractivity contribution in [3.05, 3.63) is 0 Å². The lowest BCUT2D eigenvalue weighted by molar-refractivity contribution is -0.139. The van der Waals surface area contributed by atoms with Gasteiger partial charge in [-0.1, -0.05) is 6.42 Å². The van der Waals surface area contributed by atoms with Gasteiger partial charge in [-0.25, -0.2) is 0 Å². The minimum atomic E-state index is 0.0844. The highest BCUT2D eigenvalue weighted by molar-refractivity contribution is 5.79. The van der Waals surface area contributed by atoms with Gasteiger partial charge in [0.1, 0.15) is 0 Å². The second-order valence-corrected chi connectivity index (χ2v) is 6.02. The highest BCUT2D eigenvalue weighted by atomic mass is 16.3. The third kappa shape index (κ3) is 4.41. The van der Waals surface area contributed by atoms with Crippen LogP contribution in [0, 0.1) is 0 Å². The molecule has 0 atom stereocenters. The smallest absolute Gasteiger partial charge is 0.236 e. The number of nitrogens with zero attached hydrogens (tertiary/aromatic N) is 3. The number of rotatable bonds is 6. The van der Waals surface area contributed by atoms with E-state index in [4.69, 9.17) is 5.11 Å². The number of aliphatic hydroxyl groups excluding tert-OH is 1. The summed E-state index contributed by atoms with van der Waals surface area (Å²) < 4.78 is 0. The fourth-order valence-corrected chi connectivity index (χ4v) is 2.96. The van der Waals surface area contributed by atoms with Crippen LogP contribution in [0.25, 0.3) is 0 Å². The summed E-state index contributed by atoms with van der Waals surface area (Å²) >= 11 is 0. The Hall–Kier alpha value is -1.14. The van der Waals surface area contributed by atoms with Gasteiger partial charge in [0.15, 0.2) is 0 Å². The molecule has 0 aromatic carbocycles. The van der Waals surface area contributed by atoms with Crippen LogP contribution in [0.1, 0.15) is 32.6 Å². The SMILES string of the molecule is CC(=O)N1CCN(C(=O)CN(CCCO)C2CCC2)CC1. The summed E-state index contributed by atoms with van der Waals surface area (Å²) in [6, 6.07) is 0.513. The topological polar surface area (TPSA) is 64.1 Å². The molecule has 2 aliphatic rings. The van der Waals surface area contributed by atoms with E-state index in [9.17, 15) is 9.59 Å². The van der Waals surface area contributed by atoms with Crippen LogP contribution in [0.5, 0.6) is 0 Å². The molecule has 1 N–H and O–H groups in total. The average Bonchev–Trinajstić information content (AvgIpc) is 2.42. The molecule has 0 unspecified atom stereocenters. The van der Waals surface area contributed by atoms with E-state index >= 15 is 0 Å². The molecule has 1 saturated heterocycles. The van der Waals surface area contributed by atoms with Crippen LogP contribution in [0.2, 0.25) is 0 Å². The van der Waals surface area contributed by atoms with Crippen molar-refractivity contribution in [2.24, 2.45) is 0 Å². The van der Waals surface area contributed by atoms with Crippen molar-refractivity contribution in [3.63, 3.8) is 0 Å². The summed E-state index contributed by atoms with van der Waals surface area (Å²) in [5.74, 6) is 0.240. The van der Waals surface area contributed by atoms with Gasteiger partial charge in [0.25, 0.3) is 0 Å². The molecule has 2 amide bonds. The normalized spacial score (nSPS) is 19.8. The van der Waals surface area contributed by atoms with Crippen LogP contribution in [0.15, 0.2) is 0 Å². The quantitative estimate of drug-likeness (QED) is 0.744. The molecule has 2 rings (SSSR count). The van der Waals surface area contributed by atoms with Crippen LogP contribution in [0.3, 0.4) is 0 Å². The van der Waals surface area contributed by atoms with E-state index in [0.29, 0.717) is 38.8 Å². The van der Waals surface area contributed by atoms with Crippen molar-refractivity contribution in [1.29, 1.82) is 0 Å². The molecule has 1 heterocycles. The summed E-state index contributed by atoms with van der Waals surface area (Å²) in [5.41, 5.74) is 0. The fourth-order valence-electron chi connectivity index (χ4n) is 2.96. The van der Waals surface area contributed by atoms with E-state index in [2.05, 4.69) is 4.90 Å². The Morgan fingerprint density at radius 2 is 1.76 bits per heavy atom. The van der Waals surface area contributed by atoms with Gasteiger partial charge >= 0.3 is 0 Å². The van der Waals surface area contributed by atoms with Gasteiger partial charge in [0.2, 0.25) is 11.8 Å². The van der Waals surface area contributed by atoms with Gasteiger partial charge in [0, 0.05) is 52.3 Å². The number of amides is 2. The van der Waals surface area contributed by atoms with Crippen LogP contribution in [0.4, 0.5) is 0 Å².